The number of ether oxygens (including phenoxy) is 1. The first-order chi connectivity index (χ1) is 6.94. The number of benzene rings is 1. The first-order valence-corrected chi connectivity index (χ1v) is 4.10. The van der Waals surface area contributed by atoms with E-state index < -0.39 is 24.8 Å². The molecule has 0 spiro atoms. The molecule has 1 aromatic carbocycles. The topological polar surface area (TPSA) is 35.2 Å². The molecule has 0 fully saturated rings. The fourth-order valence-corrected chi connectivity index (χ4v) is 1.09. The fourth-order valence-electron chi connectivity index (χ4n) is 1.09. The molecule has 1 aromatic rings. The summed E-state index contributed by atoms with van der Waals surface area (Å²) < 4.78 is 51.7. The second-order valence-corrected chi connectivity index (χ2v) is 2.85. The first-order valence-electron chi connectivity index (χ1n) is 4.10. The average molecular weight is 260 g/mol. The highest BCUT2D eigenvalue weighted by Gasteiger charge is 2.32. The Morgan fingerprint density at radius 1 is 1.25 bits per heavy atom. The molecule has 0 saturated carbocycles. The molecule has 16 heavy (non-hydrogen) atoms. The van der Waals surface area contributed by atoms with Crippen molar-refractivity contribution in [2.45, 2.75) is 12.4 Å². The van der Waals surface area contributed by atoms with Gasteiger partial charge >= 0.3 is 6.36 Å². The molecule has 2 N–H and O–H groups in total. The maximum absolute atomic E-state index is 12.2. The van der Waals surface area contributed by atoms with Gasteiger partial charge in [-0.25, -0.2) is 4.39 Å². The van der Waals surface area contributed by atoms with E-state index in [0.29, 0.717) is 0 Å². The minimum absolute atomic E-state index is 0. The maximum atomic E-state index is 12.2. The molecule has 0 radical (unpaired) electrons. The largest absolute Gasteiger partial charge is 0.573 e. The lowest BCUT2D eigenvalue weighted by Gasteiger charge is -2.15. The van der Waals surface area contributed by atoms with Gasteiger partial charge in [-0.05, 0) is 6.07 Å². The van der Waals surface area contributed by atoms with Gasteiger partial charge in [-0.2, -0.15) is 0 Å². The molecule has 0 amide bonds. The highest BCUT2D eigenvalue weighted by molar-refractivity contribution is 5.85. The molecule has 1 rings (SSSR count). The summed E-state index contributed by atoms with van der Waals surface area (Å²) in [4.78, 5) is 0. The number of rotatable bonds is 3. The molecule has 0 aliphatic rings. The van der Waals surface area contributed by atoms with Crippen molar-refractivity contribution >= 4 is 12.4 Å². The molecule has 0 aromatic heterocycles. The summed E-state index contributed by atoms with van der Waals surface area (Å²) in [6.07, 6.45) is -4.80. The number of para-hydroxylation sites is 1. The predicted octanol–water partition coefficient (Wildman–Crippen LogP) is 2.98. The van der Waals surface area contributed by atoms with Gasteiger partial charge in [0, 0.05) is 5.56 Å². The summed E-state index contributed by atoms with van der Waals surface area (Å²) in [5.74, 6) is -0.463. The SMILES string of the molecule is Cl.N[C@@H](CF)c1ccccc1OC(F)(F)F. The maximum Gasteiger partial charge on any atom is 0.573 e. The molecule has 2 nitrogen and oxygen atoms in total. The van der Waals surface area contributed by atoms with Crippen molar-refractivity contribution in [1.82, 2.24) is 0 Å². The number of alkyl halides is 4. The number of halogens is 5. The van der Waals surface area contributed by atoms with E-state index in [-0.39, 0.29) is 18.0 Å². The summed E-state index contributed by atoms with van der Waals surface area (Å²) in [6.45, 7) is -0.946. The Labute approximate surface area is 95.8 Å². The van der Waals surface area contributed by atoms with Crippen LogP contribution in [0.25, 0.3) is 0 Å². The highest BCUT2D eigenvalue weighted by atomic mass is 35.5. The zero-order chi connectivity index (χ0) is 11.5. The van der Waals surface area contributed by atoms with E-state index in [1.165, 1.54) is 18.2 Å². The summed E-state index contributed by atoms with van der Waals surface area (Å²) in [6, 6.07) is 4.11. The second-order valence-electron chi connectivity index (χ2n) is 2.85. The Balaban J connectivity index is 0.00000225. The average Bonchev–Trinajstić information content (AvgIpc) is 2.15. The van der Waals surface area contributed by atoms with Crippen molar-refractivity contribution in [3.05, 3.63) is 29.8 Å². The van der Waals surface area contributed by atoms with Crippen molar-refractivity contribution in [3.63, 3.8) is 0 Å². The van der Waals surface area contributed by atoms with Gasteiger partial charge in [0.15, 0.2) is 0 Å². The van der Waals surface area contributed by atoms with E-state index >= 15 is 0 Å². The summed E-state index contributed by atoms with van der Waals surface area (Å²) in [7, 11) is 0. The lowest BCUT2D eigenvalue weighted by atomic mass is 10.1. The van der Waals surface area contributed by atoms with Crippen LogP contribution in [0.15, 0.2) is 24.3 Å². The van der Waals surface area contributed by atoms with Gasteiger partial charge in [0.2, 0.25) is 0 Å². The Morgan fingerprint density at radius 3 is 2.31 bits per heavy atom. The summed E-state index contributed by atoms with van der Waals surface area (Å²) >= 11 is 0. The van der Waals surface area contributed by atoms with Gasteiger partial charge in [-0.1, -0.05) is 18.2 Å². The van der Waals surface area contributed by atoms with Crippen LogP contribution in [0.1, 0.15) is 11.6 Å². The Kier molecular flexibility index (Phi) is 5.53. The number of hydrogen-bond acceptors (Lipinski definition) is 2. The lowest BCUT2D eigenvalue weighted by molar-refractivity contribution is -0.275. The molecule has 0 bridgehead atoms. The second kappa shape index (κ2) is 5.91. The van der Waals surface area contributed by atoms with E-state index in [9.17, 15) is 17.6 Å². The van der Waals surface area contributed by atoms with Crippen LogP contribution in [-0.2, 0) is 0 Å². The van der Waals surface area contributed by atoms with E-state index in [2.05, 4.69) is 4.74 Å². The molecular formula is C9H10ClF4NO. The standard InChI is InChI=1S/C9H9F4NO.ClH/c10-5-7(14)6-3-1-2-4-8(6)15-9(11,12)13;/h1-4,7H,5,14H2;1H/t7-;/m0./s1. The molecule has 0 aliphatic heterocycles. The van der Waals surface area contributed by atoms with Crippen LogP contribution < -0.4 is 10.5 Å². The van der Waals surface area contributed by atoms with Crippen molar-refractivity contribution < 1.29 is 22.3 Å². The van der Waals surface area contributed by atoms with Crippen molar-refractivity contribution in [1.29, 1.82) is 0 Å². The minimum Gasteiger partial charge on any atom is -0.405 e. The third-order valence-corrected chi connectivity index (χ3v) is 1.71. The van der Waals surface area contributed by atoms with Crippen molar-refractivity contribution in [3.8, 4) is 5.75 Å². The van der Waals surface area contributed by atoms with Crippen LogP contribution in [0.5, 0.6) is 5.75 Å². The van der Waals surface area contributed by atoms with Crippen LogP contribution in [0.2, 0.25) is 0 Å². The molecule has 0 saturated heterocycles. The van der Waals surface area contributed by atoms with Crippen LogP contribution in [-0.4, -0.2) is 13.0 Å². The zero-order valence-corrected chi connectivity index (χ0v) is 8.82. The van der Waals surface area contributed by atoms with Crippen LogP contribution in [0.3, 0.4) is 0 Å². The van der Waals surface area contributed by atoms with Gasteiger partial charge < -0.3 is 10.5 Å². The monoisotopic (exact) mass is 259 g/mol. The normalized spacial score (nSPS) is 12.8. The third-order valence-electron chi connectivity index (χ3n) is 1.71. The van der Waals surface area contributed by atoms with Gasteiger partial charge in [-0.3, -0.25) is 0 Å². The van der Waals surface area contributed by atoms with Gasteiger partial charge in [-0.15, -0.1) is 25.6 Å². The van der Waals surface area contributed by atoms with Crippen LogP contribution in [0.4, 0.5) is 17.6 Å². The quantitative estimate of drug-likeness (QED) is 0.847. The molecule has 1 atom stereocenters. The van der Waals surface area contributed by atoms with Gasteiger partial charge in [0.25, 0.3) is 0 Å². The summed E-state index contributed by atoms with van der Waals surface area (Å²) in [5.41, 5.74) is 5.29. The molecular weight excluding hydrogens is 250 g/mol. The zero-order valence-electron chi connectivity index (χ0n) is 8.00. The fraction of sp³-hybridized carbons (Fsp3) is 0.333. The van der Waals surface area contributed by atoms with Crippen molar-refractivity contribution in [2.24, 2.45) is 5.73 Å². The third kappa shape index (κ3) is 4.24. The summed E-state index contributed by atoms with van der Waals surface area (Å²) in [5, 5.41) is 0. The minimum atomic E-state index is -4.80. The number of hydrogen-bond donors (Lipinski definition) is 1. The van der Waals surface area contributed by atoms with Gasteiger partial charge in [0.1, 0.15) is 12.4 Å². The van der Waals surface area contributed by atoms with Crippen LogP contribution >= 0.6 is 12.4 Å². The molecule has 7 heteroatoms. The Morgan fingerprint density at radius 2 is 1.81 bits per heavy atom. The Hall–Kier alpha value is -1.01. The van der Waals surface area contributed by atoms with Crippen LogP contribution in [0, 0.1) is 0 Å². The predicted molar refractivity (Wildman–Crippen MR) is 53.3 cm³/mol. The smallest absolute Gasteiger partial charge is 0.405 e. The van der Waals surface area contributed by atoms with E-state index in [1.54, 1.807) is 0 Å². The van der Waals surface area contributed by atoms with E-state index in [4.69, 9.17) is 5.73 Å². The molecule has 0 heterocycles. The van der Waals surface area contributed by atoms with Gasteiger partial charge in [0.05, 0.1) is 6.04 Å². The highest BCUT2D eigenvalue weighted by Crippen LogP contribution is 2.29. The Bertz CT molecular complexity index is 332. The van der Waals surface area contributed by atoms with E-state index in [1.807, 2.05) is 0 Å². The first kappa shape index (κ1) is 15.0. The molecule has 0 unspecified atom stereocenters. The molecule has 92 valence electrons. The van der Waals surface area contributed by atoms with Crippen molar-refractivity contribution in [2.75, 3.05) is 6.67 Å². The number of nitrogens with two attached hydrogens (primary N) is 1. The molecule has 0 aliphatic carbocycles. The lowest BCUT2D eigenvalue weighted by Crippen LogP contribution is -2.20. The van der Waals surface area contributed by atoms with E-state index in [0.717, 1.165) is 6.07 Å².